The molecule has 2 heterocycles. The molecule has 0 radical (unpaired) electrons. The van der Waals surface area contributed by atoms with Crippen LogP contribution in [0.5, 0.6) is 0 Å². The van der Waals surface area contributed by atoms with E-state index >= 15 is 0 Å². The molecule has 0 aliphatic carbocycles. The van der Waals surface area contributed by atoms with E-state index < -0.39 is 9.84 Å². The quantitative estimate of drug-likeness (QED) is 0.812. The van der Waals surface area contributed by atoms with Crippen LogP contribution in [0.1, 0.15) is 29.9 Å². The molecule has 2 atom stereocenters. The van der Waals surface area contributed by atoms with Crippen LogP contribution in [-0.4, -0.2) is 46.5 Å². The van der Waals surface area contributed by atoms with Gasteiger partial charge in [0.15, 0.2) is 0 Å². The Hall–Kier alpha value is -1.85. The smallest absolute Gasteiger partial charge is 0.206 e. The minimum absolute atomic E-state index is 0.367. The SMILES string of the molecule is Cc1ccc(S(=O)(=O)c2ccc3c(c2)[C@H]2CCN(C)CC[C@@H]2N3C)cc1. The number of hydrogen-bond donors (Lipinski definition) is 0. The lowest BCUT2D eigenvalue weighted by Crippen LogP contribution is -2.31. The first kappa shape index (κ1) is 17.6. The summed E-state index contributed by atoms with van der Waals surface area (Å²) in [6.45, 7) is 4.11. The monoisotopic (exact) mass is 370 g/mol. The summed E-state index contributed by atoms with van der Waals surface area (Å²) in [6, 6.07) is 13.3. The number of benzene rings is 2. The fraction of sp³-hybridized carbons (Fsp3) is 0.429. The Labute approximate surface area is 156 Å². The van der Waals surface area contributed by atoms with E-state index in [1.54, 1.807) is 18.2 Å². The first-order chi connectivity index (χ1) is 12.4. The molecule has 2 aromatic carbocycles. The van der Waals surface area contributed by atoms with Gasteiger partial charge in [0.2, 0.25) is 9.84 Å². The van der Waals surface area contributed by atoms with Crippen molar-refractivity contribution in [1.29, 1.82) is 0 Å². The van der Waals surface area contributed by atoms with Gasteiger partial charge >= 0.3 is 0 Å². The van der Waals surface area contributed by atoms with E-state index in [1.165, 1.54) is 11.3 Å². The minimum Gasteiger partial charge on any atom is -0.371 e. The summed E-state index contributed by atoms with van der Waals surface area (Å²) >= 11 is 0. The molecule has 2 aromatic rings. The van der Waals surface area contributed by atoms with E-state index in [9.17, 15) is 8.42 Å². The fourth-order valence-electron chi connectivity index (χ4n) is 4.39. The van der Waals surface area contributed by atoms with Gasteiger partial charge < -0.3 is 9.80 Å². The molecular formula is C21H26N2O2S. The zero-order chi connectivity index (χ0) is 18.5. The normalized spacial score (nSPS) is 23.4. The van der Waals surface area contributed by atoms with E-state index in [1.807, 2.05) is 31.2 Å². The van der Waals surface area contributed by atoms with Crippen molar-refractivity contribution >= 4 is 15.5 Å². The molecule has 4 nitrogen and oxygen atoms in total. The molecule has 2 aliphatic heterocycles. The predicted octanol–water partition coefficient (Wildman–Crippen LogP) is 3.46. The van der Waals surface area contributed by atoms with Crippen LogP contribution in [0.2, 0.25) is 0 Å². The Morgan fingerprint density at radius 3 is 2.31 bits per heavy atom. The number of likely N-dealkylation sites (N-methyl/N-ethyl adjacent to an activating group) is 1. The highest BCUT2D eigenvalue weighted by Gasteiger charge is 2.38. The van der Waals surface area contributed by atoms with Gasteiger partial charge in [0, 0.05) is 24.7 Å². The van der Waals surface area contributed by atoms with Crippen LogP contribution in [0.25, 0.3) is 0 Å². The van der Waals surface area contributed by atoms with E-state index in [2.05, 4.69) is 23.9 Å². The van der Waals surface area contributed by atoms with Crippen LogP contribution in [0.4, 0.5) is 5.69 Å². The van der Waals surface area contributed by atoms with Gasteiger partial charge in [-0.15, -0.1) is 0 Å². The minimum atomic E-state index is -3.48. The van der Waals surface area contributed by atoms with Crippen LogP contribution >= 0.6 is 0 Å². The Morgan fingerprint density at radius 1 is 0.923 bits per heavy atom. The van der Waals surface area contributed by atoms with Gasteiger partial charge in [-0.2, -0.15) is 0 Å². The molecule has 0 saturated carbocycles. The number of aryl methyl sites for hydroxylation is 1. The Bertz CT molecular complexity index is 922. The number of rotatable bonds is 2. The lowest BCUT2D eigenvalue weighted by Gasteiger charge is -2.25. The zero-order valence-electron chi connectivity index (χ0n) is 15.6. The summed E-state index contributed by atoms with van der Waals surface area (Å²) in [5, 5.41) is 0. The van der Waals surface area contributed by atoms with Crippen molar-refractivity contribution in [3.05, 3.63) is 53.6 Å². The molecule has 2 aliphatic rings. The molecule has 4 rings (SSSR count). The van der Waals surface area contributed by atoms with Gasteiger partial charge in [0.25, 0.3) is 0 Å². The van der Waals surface area contributed by atoms with Gasteiger partial charge in [-0.1, -0.05) is 17.7 Å². The Balaban J connectivity index is 1.75. The zero-order valence-corrected chi connectivity index (χ0v) is 16.5. The molecule has 26 heavy (non-hydrogen) atoms. The van der Waals surface area contributed by atoms with Crippen LogP contribution < -0.4 is 4.90 Å². The van der Waals surface area contributed by atoms with E-state index in [4.69, 9.17) is 0 Å². The molecule has 138 valence electrons. The Morgan fingerprint density at radius 2 is 1.58 bits per heavy atom. The van der Waals surface area contributed by atoms with Crippen LogP contribution in [-0.2, 0) is 9.84 Å². The molecule has 1 fully saturated rings. The van der Waals surface area contributed by atoms with Crippen molar-refractivity contribution in [2.24, 2.45) is 0 Å². The van der Waals surface area contributed by atoms with Crippen LogP contribution in [0.3, 0.4) is 0 Å². The largest absolute Gasteiger partial charge is 0.371 e. The lowest BCUT2D eigenvalue weighted by molar-refractivity contribution is 0.345. The molecule has 0 N–H and O–H groups in total. The average molecular weight is 371 g/mol. The molecule has 5 heteroatoms. The number of nitrogens with zero attached hydrogens (tertiary/aromatic N) is 2. The number of likely N-dealkylation sites (tertiary alicyclic amines) is 1. The van der Waals surface area contributed by atoms with Gasteiger partial charge in [-0.05, 0) is 75.8 Å². The molecule has 0 spiro atoms. The average Bonchev–Trinajstić information content (AvgIpc) is 2.76. The van der Waals surface area contributed by atoms with Gasteiger partial charge in [-0.3, -0.25) is 0 Å². The van der Waals surface area contributed by atoms with Crippen LogP contribution in [0.15, 0.2) is 52.3 Å². The number of hydrogen-bond acceptors (Lipinski definition) is 4. The maximum Gasteiger partial charge on any atom is 0.206 e. The summed E-state index contributed by atoms with van der Waals surface area (Å²) in [4.78, 5) is 5.50. The van der Waals surface area contributed by atoms with Crippen molar-refractivity contribution in [1.82, 2.24) is 4.90 Å². The van der Waals surface area contributed by atoms with E-state index in [0.717, 1.165) is 31.5 Å². The summed E-state index contributed by atoms with van der Waals surface area (Å²) < 4.78 is 26.2. The highest BCUT2D eigenvalue weighted by Crippen LogP contribution is 2.45. The van der Waals surface area contributed by atoms with Gasteiger partial charge in [-0.25, -0.2) is 8.42 Å². The predicted molar refractivity (Wildman–Crippen MR) is 105 cm³/mol. The van der Waals surface area contributed by atoms with Gasteiger partial charge in [0.05, 0.1) is 9.79 Å². The first-order valence-corrected chi connectivity index (χ1v) is 10.7. The topological polar surface area (TPSA) is 40.6 Å². The third-order valence-corrected chi connectivity index (χ3v) is 7.78. The number of anilines is 1. The molecule has 0 aromatic heterocycles. The van der Waals surface area contributed by atoms with E-state index in [0.29, 0.717) is 21.8 Å². The Kier molecular flexibility index (Phi) is 4.32. The summed E-state index contributed by atoms with van der Waals surface area (Å²) in [7, 11) is 0.827. The number of fused-ring (bicyclic) bond motifs is 3. The van der Waals surface area contributed by atoms with Crippen LogP contribution in [0, 0.1) is 6.92 Å². The van der Waals surface area contributed by atoms with Crippen molar-refractivity contribution < 1.29 is 8.42 Å². The standard InChI is InChI=1S/C21H26N2O2S/c1-15-4-6-16(7-5-15)26(24,25)17-8-9-20-19(14-17)18-10-12-22(2)13-11-21(18)23(20)3/h4-9,14,18,21H,10-13H2,1-3H3/t18-,21+/m1/s1. The second-order valence-electron chi connectivity index (χ2n) is 7.70. The highest BCUT2D eigenvalue weighted by atomic mass is 32.2. The summed E-state index contributed by atoms with van der Waals surface area (Å²) in [6.07, 6.45) is 2.19. The molecule has 0 amide bonds. The molecule has 1 saturated heterocycles. The highest BCUT2D eigenvalue weighted by molar-refractivity contribution is 7.91. The summed E-state index contributed by atoms with van der Waals surface area (Å²) in [5.41, 5.74) is 3.44. The van der Waals surface area contributed by atoms with Gasteiger partial charge in [0.1, 0.15) is 0 Å². The first-order valence-electron chi connectivity index (χ1n) is 9.25. The molecule has 0 unspecified atom stereocenters. The van der Waals surface area contributed by atoms with E-state index in [-0.39, 0.29) is 0 Å². The summed E-state index contributed by atoms with van der Waals surface area (Å²) in [5.74, 6) is 0.410. The second kappa shape index (κ2) is 6.39. The molecule has 0 bridgehead atoms. The number of sulfone groups is 1. The lowest BCUT2D eigenvalue weighted by atomic mass is 9.91. The van der Waals surface area contributed by atoms with Crippen molar-refractivity contribution in [3.63, 3.8) is 0 Å². The maximum absolute atomic E-state index is 13.1. The third-order valence-electron chi connectivity index (χ3n) is 6.01. The maximum atomic E-state index is 13.1. The third kappa shape index (κ3) is 2.83. The van der Waals surface area contributed by atoms with Crippen molar-refractivity contribution in [2.45, 2.75) is 41.5 Å². The second-order valence-corrected chi connectivity index (χ2v) is 9.65. The van der Waals surface area contributed by atoms with Crippen molar-refractivity contribution in [2.75, 3.05) is 32.1 Å². The fourth-order valence-corrected chi connectivity index (χ4v) is 5.69. The van der Waals surface area contributed by atoms with Crippen molar-refractivity contribution in [3.8, 4) is 0 Å². The molecular weight excluding hydrogens is 344 g/mol.